The molecule has 2 rings (SSSR count). The zero-order valence-electron chi connectivity index (χ0n) is 15.6. The Bertz CT molecular complexity index is 695. The van der Waals surface area contributed by atoms with Gasteiger partial charge in [-0.05, 0) is 55.2 Å². The number of carbonyl (C=O) groups is 1. The Hall–Kier alpha value is -2.49. The van der Waals surface area contributed by atoms with E-state index in [2.05, 4.69) is 19.2 Å². The van der Waals surface area contributed by atoms with Gasteiger partial charge in [-0.3, -0.25) is 4.79 Å². The molecule has 0 spiro atoms. The van der Waals surface area contributed by atoms with Crippen LogP contribution in [0.2, 0.25) is 0 Å². The Morgan fingerprint density at radius 2 is 1.68 bits per heavy atom. The highest BCUT2D eigenvalue weighted by atomic mass is 16.5. The van der Waals surface area contributed by atoms with E-state index in [9.17, 15) is 4.79 Å². The first-order chi connectivity index (χ1) is 11.9. The molecule has 4 nitrogen and oxygen atoms in total. The zero-order valence-corrected chi connectivity index (χ0v) is 15.6. The van der Waals surface area contributed by atoms with Crippen molar-refractivity contribution in [1.29, 1.82) is 0 Å². The quantitative estimate of drug-likeness (QED) is 0.817. The molecule has 0 unspecified atom stereocenters. The van der Waals surface area contributed by atoms with Crippen molar-refractivity contribution in [3.8, 4) is 11.5 Å². The molecular formula is C21H27NO3. The number of amides is 1. The third kappa shape index (κ3) is 5.24. The van der Waals surface area contributed by atoms with E-state index in [-0.39, 0.29) is 17.9 Å². The van der Waals surface area contributed by atoms with Gasteiger partial charge in [0.1, 0.15) is 11.5 Å². The summed E-state index contributed by atoms with van der Waals surface area (Å²) in [6.45, 7) is 7.93. The first kappa shape index (κ1) is 18.8. The first-order valence-electron chi connectivity index (χ1n) is 8.58. The predicted octanol–water partition coefficient (Wildman–Crippen LogP) is 4.28. The molecule has 0 aliphatic carbocycles. The number of hydrogen-bond donors (Lipinski definition) is 1. The van der Waals surface area contributed by atoms with Crippen LogP contribution in [0.25, 0.3) is 0 Å². The number of hydrogen-bond acceptors (Lipinski definition) is 3. The second kappa shape index (κ2) is 8.56. The highest BCUT2D eigenvalue weighted by Gasteiger charge is 2.22. The molecule has 0 aliphatic rings. The van der Waals surface area contributed by atoms with Crippen molar-refractivity contribution in [1.82, 2.24) is 5.32 Å². The Balaban J connectivity index is 2.06. The SMILES string of the molecule is COc1ccc([C@@H](NC(=O)[C@@H](C)Oc2cccc(C)c2)C(C)C)cc1. The van der Waals surface area contributed by atoms with E-state index < -0.39 is 6.10 Å². The van der Waals surface area contributed by atoms with Gasteiger partial charge in [0, 0.05) is 0 Å². The van der Waals surface area contributed by atoms with Crippen LogP contribution >= 0.6 is 0 Å². The topological polar surface area (TPSA) is 47.6 Å². The number of carbonyl (C=O) groups excluding carboxylic acids is 1. The van der Waals surface area contributed by atoms with Crippen LogP contribution < -0.4 is 14.8 Å². The largest absolute Gasteiger partial charge is 0.497 e. The molecular weight excluding hydrogens is 314 g/mol. The molecule has 2 aromatic rings. The third-order valence-corrected chi connectivity index (χ3v) is 4.11. The summed E-state index contributed by atoms with van der Waals surface area (Å²) in [6.07, 6.45) is -0.568. The van der Waals surface area contributed by atoms with Gasteiger partial charge in [0.2, 0.25) is 0 Å². The molecule has 2 atom stereocenters. The number of ether oxygens (including phenoxy) is 2. The molecule has 134 valence electrons. The highest BCUT2D eigenvalue weighted by Crippen LogP contribution is 2.24. The smallest absolute Gasteiger partial charge is 0.261 e. The molecule has 0 saturated heterocycles. The molecule has 1 N–H and O–H groups in total. The van der Waals surface area contributed by atoms with Gasteiger partial charge in [0.15, 0.2) is 6.10 Å². The van der Waals surface area contributed by atoms with Crippen LogP contribution in [0.4, 0.5) is 0 Å². The van der Waals surface area contributed by atoms with Crippen LogP contribution in [-0.2, 0) is 4.79 Å². The minimum absolute atomic E-state index is 0.0815. The second-order valence-corrected chi connectivity index (χ2v) is 6.58. The van der Waals surface area contributed by atoms with E-state index in [0.717, 1.165) is 16.9 Å². The van der Waals surface area contributed by atoms with Crippen molar-refractivity contribution in [3.05, 3.63) is 59.7 Å². The van der Waals surface area contributed by atoms with Crippen molar-refractivity contribution < 1.29 is 14.3 Å². The van der Waals surface area contributed by atoms with Crippen LogP contribution in [0.1, 0.15) is 37.9 Å². The monoisotopic (exact) mass is 341 g/mol. The van der Waals surface area contributed by atoms with E-state index in [1.54, 1.807) is 14.0 Å². The number of methoxy groups -OCH3 is 1. The minimum atomic E-state index is -0.568. The van der Waals surface area contributed by atoms with Gasteiger partial charge in [0.25, 0.3) is 5.91 Å². The standard InChI is InChI=1S/C21H27NO3/c1-14(2)20(17-9-11-18(24-5)12-10-17)22-21(23)16(4)25-19-8-6-7-15(3)13-19/h6-14,16,20H,1-5H3,(H,22,23)/t16-,20+/m1/s1. The Labute approximate surface area is 150 Å². The summed E-state index contributed by atoms with van der Waals surface area (Å²) < 4.78 is 11.0. The van der Waals surface area contributed by atoms with Crippen molar-refractivity contribution in [2.24, 2.45) is 5.92 Å². The summed E-state index contributed by atoms with van der Waals surface area (Å²) in [6, 6.07) is 15.4. The van der Waals surface area contributed by atoms with Gasteiger partial charge >= 0.3 is 0 Å². The summed E-state index contributed by atoms with van der Waals surface area (Å²) in [5, 5.41) is 3.10. The van der Waals surface area contributed by atoms with E-state index in [4.69, 9.17) is 9.47 Å². The van der Waals surface area contributed by atoms with Crippen molar-refractivity contribution in [3.63, 3.8) is 0 Å². The van der Waals surface area contributed by atoms with Crippen molar-refractivity contribution in [2.75, 3.05) is 7.11 Å². The molecule has 0 fully saturated rings. The molecule has 0 bridgehead atoms. The maximum absolute atomic E-state index is 12.6. The number of nitrogens with one attached hydrogen (secondary N) is 1. The van der Waals surface area contributed by atoms with Gasteiger partial charge in [-0.1, -0.05) is 38.1 Å². The van der Waals surface area contributed by atoms with Crippen LogP contribution in [0.3, 0.4) is 0 Å². The lowest BCUT2D eigenvalue weighted by molar-refractivity contribution is -0.128. The van der Waals surface area contributed by atoms with Gasteiger partial charge in [0.05, 0.1) is 13.2 Å². The van der Waals surface area contributed by atoms with E-state index in [1.807, 2.05) is 55.5 Å². The predicted molar refractivity (Wildman–Crippen MR) is 100.0 cm³/mol. The van der Waals surface area contributed by atoms with Gasteiger partial charge in [-0.15, -0.1) is 0 Å². The maximum Gasteiger partial charge on any atom is 0.261 e. The van der Waals surface area contributed by atoms with Gasteiger partial charge in [-0.25, -0.2) is 0 Å². The second-order valence-electron chi connectivity index (χ2n) is 6.58. The molecule has 0 aromatic heterocycles. The van der Waals surface area contributed by atoms with Gasteiger partial charge in [-0.2, -0.15) is 0 Å². The van der Waals surface area contributed by atoms with Gasteiger partial charge < -0.3 is 14.8 Å². The fourth-order valence-electron chi connectivity index (χ4n) is 2.66. The molecule has 0 aliphatic heterocycles. The molecule has 4 heteroatoms. The molecule has 25 heavy (non-hydrogen) atoms. The molecule has 0 heterocycles. The number of rotatable bonds is 7. The maximum atomic E-state index is 12.6. The molecule has 0 radical (unpaired) electrons. The lowest BCUT2D eigenvalue weighted by Crippen LogP contribution is -2.40. The van der Waals surface area contributed by atoms with Crippen molar-refractivity contribution >= 4 is 5.91 Å². The zero-order chi connectivity index (χ0) is 18.4. The molecule has 0 saturated carbocycles. The average Bonchev–Trinajstić information content (AvgIpc) is 2.59. The molecule has 1 amide bonds. The Morgan fingerprint density at radius 1 is 1.00 bits per heavy atom. The summed E-state index contributed by atoms with van der Waals surface area (Å²) in [7, 11) is 1.64. The third-order valence-electron chi connectivity index (χ3n) is 4.11. The van der Waals surface area contributed by atoms with Crippen molar-refractivity contribution in [2.45, 2.75) is 39.8 Å². The minimum Gasteiger partial charge on any atom is -0.497 e. The van der Waals surface area contributed by atoms with E-state index >= 15 is 0 Å². The van der Waals surface area contributed by atoms with Crippen LogP contribution in [0.5, 0.6) is 11.5 Å². The Kier molecular flexibility index (Phi) is 6.45. The van der Waals surface area contributed by atoms with E-state index in [0.29, 0.717) is 5.75 Å². The first-order valence-corrected chi connectivity index (χ1v) is 8.58. The summed E-state index contributed by atoms with van der Waals surface area (Å²) in [4.78, 5) is 12.6. The lowest BCUT2D eigenvalue weighted by atomic mass is 9.95. The van der Waals surface area contributed by atoms with Crippen LogP contribution in [0, 0.1) is 12.8 Å². The normalized spacial score (nSPS) is 13.2. The molecule has 2 aromatic carbocycles. The fraction of sp³-hybridized carbons (Fsp3) is 0.381. The average molecular weight is 341 g/mol. The Morgan fingerprint density at radius 3 is 2.24 bits per heavy atom. The number of benzene rings is 2. The fourth-order valence-corrected chi connectivity index (χ4v) is 2.66. The van der Waals surface area contributed by atoms with Crippen LogP contribution in [0.15, 0.2) is 48.5 Å². The van der Waals surface area contributed by atoms with E-state index in [1.165, 1.54) is 0 Å². The number of aryl methyl sites for hydroxylation is 1. The summed E-state index contributed by atoms with van der Waals surface area (Å²) in [5.74, 6) is 1.63. The van der Waals surface area contributed by atoms with Crippen LogP contribution in [-0.4, -0.2) is 19.1 Å². The lowest BCUT2D eigenvalue weighted by Gasteiger charge is -2.25. The highest BCUT2D eigenvalue weighted by molar-refractivity contribution is 5.81. The summed E-state index contributed by atoms with van der Waals surface area (Å²) in [5.41, 5.74) is 2.15. The summed E-state index contributed by atoms with van der Waals surface area (Å²) >= 11 is 0.